The number of nitrogens with zero attached hydrogens (tertiary/aromatic N) is 4. The predicted octanol–water partition coefficient (Wildman–Crippen LogP) is 3.04. The van der Waals surface area contributed by atoms with Crippen molar-refractivity contribution in [1.82, 2.24) is 25.2 Å². The van der Waals surface area contributed by atoms with Crippen molar-refractivity contribution in [3.63, 3.8) is 0 Å². The van der Waals surface area contributed by atoms with E-state index in [2.05, 4.69) is 15.6 Å². The molecular weight excluding hydrogens is 358 g/mol. The lowest BCUT2D eigenvalue weighted by molar-refractivity contribution is 0.204. The average Bonchev–Trinajstić information content (AvgIpc) is 3.26. The number of carbonyl (C=O) groups is 1. The number of urea groups is 1. The van der Waals surface area contributed by atoms with Crippen LogP contribution in [0.2, 0.25) is 0 Å². The number of hydrogen-bond donors (Lipinski definition) is 1. The Bertz CT molecular complexity index is 976. The minimum Gasteiger partial charge on any atom is -0.496 e. The van der Waals surface area contributed by atoms with Crippen molar-refractivity contribution in [2.45, 2.75) is 26.9 Å². The second-order valence-corrected chi connectivity index (χ2v) is 6.67. The fourth-order valence-electron chi connectivity index (χ4n) is 3.03. The van der Waals surface area contributed by atoms with E-state index >= 15 is 0 Å². The van der Waals surface area contributed by atoms with Crippen LogP contribution in [0.4, 0.5) is 4.79 Å². The van der Waals surface area contributed by atoms with Crippen LogP contribution in [-0.4, -0.2) is 40.0 Å². The van der Waals surface area contributed by atoms with Crippen molar-refractivity contribution in [2.75, 3.05) is 14.2 Å². The third kappa shape index (κ3) is 4.00. The van der Waals surface area contributed by atoms with Crippen LogP contribution < -0.4 is 10.1 Å². The zero-order valence-corrected chi connectivity index (χ0v) is 16.8. The van der Waals surface area contributed by atoms with E-state index < -0.39 is 0 Å². The molecule has 0 aliphatic rings. The first kappa shape index (κ1) is 19.5. The van der Waals surface area contributed by atoms with Gasteiger partial charge in [0.25, 0.3) is 0 Å². The molecule has 2 amide bonds. The second kappa shape index (κ2) is 8.16. The molecule has 3 aromatic rings. The summed E-state index contributed by atoms with van der Waals surface area (Å²) in [4.78, 5) is 14.1. The maximum Gasteiger partial charge on any atom is 0.317 e. The lowest BCUT2D eigenvalue weighted by Gasteiger charge is -2.17. The molecule has 0 saturated heterocycles. The molecule has 0 unspecified atom stereocenters. The molecule has 148 valence electrons. The van der Waals surface area contributed by atoms with Gasteiger partial charge in [-0.15, -0.1) is 0 Å². The van der Waals surface area contributed by atoms with E-state index in [0.29, 0.717) is 23.7 Å². The smallest absolute Gasteiger partial charge is 0.317 e. The first-order valence-electron chi connectivity index (χ1n) is 8.97. The Morgan fingerprint density at radius 3 is 2.75 bits per heavy atom. The molecule has 0 atom stereocenters. The van der Waals surface area contributed by atoms with Crippen molar-refractivity contribution in [1.29, 1.82) is 0 Å². The number of rotatable bonds is 6. The normalized spacial score (nSPS) is 10.8. The zero-order valence-electron chi connectivity index (χ0n) is 16.8. The highest BCUT2D eigenvalue weighted by Crippen LogP contribution is 2.28. The molecular formula is C20H25N5O3. The van der Waals surface area contributed by atoms with Crippen LogP contribution in [0, 0.1) is 13.8 Å². The zero-order chi connectivity index (χ0) is 20.3. The number of aromatic nitrogens is 3. The highest BCUT2D eigenvalue weighted by molar-refractivity contribution is 5.74. The lowest BCUT2D eigenvalue weighted by Crippen LogP contribution is -2.36. The molecule has 0 aliphatic heterocycles. The highest BCUT2D eigenvalue weighted by atomic mass is 16.5. The number of benzene rings is 1. The van der Waals surface area contributed by atoms with E-state index in [1.807, 2.05) is 49.8 Å². The van der Waals surface area contributed by atoms with Crippen molar-refractivity contribution in [3.8, 4) is 17.0 Å². The number of aryl methyl sites for hydroxylation is 2. The molecule has 8 nitrogen and oxygen atoms in total. The SMILES string of the molecule is COc1ccccc1-c1cc(CNC(=O)N(C)Cc2c(C)nn(C)c2C)on1. The first-order chi connectivity index (χ1) is 13.4. The lowest BCUT2D eigenvalue weighted by atomic mass is 10.1. The van der Waals surface area contributed by atoms with Gasteiger partial charge in [-0.3, -0.25) is 4.68 Å². The minimum absolute atomic E-state index is 0.196. The molecule has 2 aromatic heterocycles. The number of methoxy groups -OCH3 is 1. The van der Waals surface area contributed by atoms with Gasteiger partial charge in [0.05, 0.1) is 25.9 Å². The van der Waals surface area contributed by atoms with Crippen LogP contribution in [0.15, 0.2) is 34.9 Å². The summed E-state index contributed by atoms with van der Waals surface area (Å²) >= 11 is 0. The molecule has 3 rings (SSSR count). The Hall–Kier alpha value is -3.29. The number of hydrogen-bond acceptors (Lipinski definition) is 5. The largest absolute Gasteiger partial charge is 0.496 e. The van der Waals surface area contributed by atoms with E-state index in [1.165, 1.54) is 0 Å². The van der Waals surface area contributed by atoms with Gasteiger partial charge >= 0.3 is 6.03 Å². The van der Waals surface area contributed by atoms with E-state index in [-0.39, 0.29) is 12.6 Å². The monoisotopic (exact) mass is 383 g/mol. The standard InChI is InChI=1S/C20H25N5O3/c1-13-17(14(2)25(4)22-13)12-24(3)20(26)21-11-15-10-18(23-28-15)16-8-6-7-9-19(16)27-5/h6-10H,11-12H2,1-5H3,(H,21,26). The van der Waals surface area contributed by atoms with Crippen LogP contribution in [0.5, 0.6) is 5.75 Å². The van der Waals surface area contributed by atoms with Gasteiger partial charge in [-0.25, -0.2) is 4.79 Å². The van der Waals surface area contributed by atoms with Crippen LogP contribution in [0.1, 0.15) is 22.7 Å². The van der Waals surface area contributed by atoms with Crippen LogP contribution in [0.25, 0.3) is 11.3 Å². The quantitative estimate of drug-likeness (QED) is 0.707. The highest BCUT2D eigenvalue weighted by Gasteiger charge is 2.16. The summed E-state index contributed by atoms with van der Waals surface area (Å²) in [7, 11) is 5.26. The van der Waals surface area contributed by atoms with Gasteiger partial charge in [0.15, 0.2) is 5.76 Å². The third-order valence-corrected chi connectivity index (χ3v) is 4.76. The summed E-state index contributed by atoms with van der Waals surface area (Å²) in [5.74, 6) is 1.28. The predicted molar refractivity (Wildman–Crippen MR) is 105 cm³/mol. The molecule has 1 aromatic carbocycles. The number of amides is 2. The molecule has 8 heteroatoms. The van der Waals surface area contributed by atoms with Gasteiger partial charge in [0.2, 0.25) is 0 Å². The average molecular weight is 383 g/mol. The molecule has 0 saturated carbocycles. The van der Waals surface area contributed by atoms with E-state index in [0.717, 1.165) is 22.5 Å². The maximum atomic E-state index is 12.4. The van der Waals surface area contributed by atoms with E-state index in [1.54, 1.807) is 25.1 Å². The Kier molecular flexibility index (Phi) is 5.67. The minimum atomic E-state index is -0.196. The molecule has 0 aliphatic carbocycles. The van der Waals surface area contributed by atoms with Gasteiger partial charge < -0.3 is 19.5 Å². The summed E-state index contributed by atoms with van der Waals surface area (Å²) in [6.07, 6.45) is 0. The topological polar surface area (TPSA) is 85.4 Å². The number of carbonyl (C=O) groups excluding carboxylic acids is 1. The number of para-hydroxylation sites is 1. The molecule has 2 heterocycles. The molecule has 0 bridgehead atoms. The summed E-state index contributed by atoms with van der Waals surface area (Å²) in [5, 5.41) is 11.3. The van der Waals surface area contributed by atoms with Crippen molar-refractivity contribution in [2.24, 2.45) is 7.05 Å². The van der Waals surface area contributed by atoms with Crippen molar-refractivity contribution < 1.29 is 14.1 Å². The Balaban J connectivity index is 1.61. The molecule has 0 fully saturated rings. The van der Waals surface area contributed by atoms with Crippen molar-refractivity contribution >= 4 is 6.03 Å². The second-order valence-electron chi connectivity index (χ2n) is 6.67. The summed E-state index contributed by atoms with van der Waals surface area (Å²) < 4.78 is 12.5. The summed E-state index contributed by atoms with van der Waals surface area (Å²) in [6, 6.07) is 9.18. The molecule has 1 N–H and O–H groups in total. The van der Waals surface area contributed by atoms with Crippen LogP contribution in [-0.2, 0) is 20.1 Å². The fourth-order valence-corrected chi connectivity index (χ4v) is 3.03. The van der Waals surface area contributed by atoms with Crippen LogP contribution in [0.3, 0.4) is 0 Å². The van der Waals surface area contributed by atoms with Gasteiger partial charge in [-0.2, -0.15) is 5.10 Å². The van der Waals surface area contributed by atoms with Crippen LogP contribution >= 0.6 is 0 Å². The summed E-state index contributed by atoms with van der Waals surface area (Å²) in [5.41, 5.74) is 4.53. The van der Waals surface area contributed by atoms with Gasteiger partial charge in [-0.05, 0) is 26.0 Å². The number of nitrogens with one attached hydrogen (secondary N) is 1. The number of ether oxygens (including phenoxy) is 1. The van der Waals surface area contributed by atoms with E-state index in [9.17, 15) is 4.79 Å². The molecule has 28 heavy (non-hydrogen) atoms. The fraction of sp³-hybridized carbons (Fsp3) is 0.350. The molecule has 0 radical (unpaired) electrons. The first-order valence-corrected chi connectivity index (χ1v) is 8.97. The Morgan fingerprint density at radius 2 is 2.07 bits per heavy atom. The Labute approximate surface area is 164 Å². The Morgan fingerprint density at radius 1 is 1.32 bits per heavy atom. The van der Waals surface area contributed by atoms with Gasteiger partial charge in [0.1, 0.15) is 11.4 Å². The molecule has 0 spiro atoms. The van der Waals surface area contributed by atoms with Crippen molar-refractivity contribution in [3.05, 3.63) is 53.0 Å². The maximum absolute atomic E-state index is 12.4. The summed E-state index contributed by atoms with van der Waals surface area (Å²) in [6.45, 7) is 4.67. The van der Waals surface area contributed by atoms with E-state index in [4.69, 9.17) is 9.26 Å². The third-order valence-electron chi connectivity index (χ3n) is 4.76. The van der Waals surface area contributed by atoms with Gasteiger partial charge in [-0.1, -0.05) is 17.3 Å². The van der Waals surface area contributed by atoms with Gasteiger partial charge in [0, 0.05) is 37.0 Å².